The number of carbonyl (C=O) groups excluding carboxylic acids is 1. The van der Waals surface area contributed by atoms with Crippen molar-refractivity contribution >= 4 is 18.3 Å². The van der Waals surface area contributed by atoms with Crippen LogP contribution < -0.4 is 5.32 Å². The van der Waals surface area contributed by atoms with E-state index < -0.39 is 0 Å². The predicted molar refractivity (Wildman–Crippen MR) is 84.3 cm³/mol. The summed E-state index contributed by atoms with van der Waals surface area (Å²) >= 11 is 0. The van der Waals surface area contributed by atoms with Crippen molar-refractivity contribution in [2.45, 2.75) is 6.42 Å². The molecule has 1 aromatic carbocycles. The van der Waals surface area contributed by atoms with Crippen LogP contribution in [-0.4, -0.2) is 57.7 Å². The summed E-state index contributed by atoms with van der Waals surface area (Å²) in [6, 6.07) is 7.35. The molecule has 1 aliphatic heterocycles. The molecule has 1 saturated heterocycles. The van der Waals surface area contributed by atoms with E-state index in [4.69, 9.17) is 0 Å². The molecule has 1 amide bonds. The van der Waals surface area contributed by atoms with Gasteiger partial charge in [-0.1, -0.05) is 0 Å². The minimum atomic E-state index is 0. The number of hydrogen-bond acceptors (Lipinski definition) is 5. The van der Waals surface area contributed by atoms with Gasteiger partial charge in [-0.25, -0.2) is 4.68 Å². The summed E-state index contributed by atoms with van der Waals surface area (Å²) in [6.07, 6.45) is 2.59. The number of halogens is 1. The zero-order valence-electron chi connectivity index (χ0n) is 12.3. The van der Waals surface area contributed by atoms with Crippen molar-refractivity contribution in [1.82, 2.24) is 30.4 Å². The largest absolute Gasteiger partial charge is 0.338 e. The summed E-state index contributed by atoms with van der Waals surface area (Å²) in [4.78, 5) is 14.4. The number of amides is 1. The lowest BCUT2D eigenvalue weighted by atomic mass is 10.1. The average Bonchev–Trinajstić information content (AvgIpc) is 3.19. The fraction of sp³-hybridized carbons (Fsp3) is 0.429. The Kier molecular flexibility index (Phi) is 5.46. The number of likely N-dealkylation sites (tertiary alicyclic amines) is 1. The van der Waals surface area contributed by atoms with E-state index in [9.17, 15) is 4.79 Å². The molecule has 0 saturated carbocycles. The molecule has 0 radical (unpaired) electrons. The van der Waals surface area contributed by atoms with Crippen molar-refractivity contribution < 1.29 is 4.79 Å². The van der Waals surface area contributed by atoms with Crippen LogP contribution >= 0.6 is 12.4 Å². The highest BCUT2D eigenvalue weighted by Crippen LogP contribution is 2.18. The molecule has 1 atom stereocenters. The number of tetrazole rings is 1. The van der Waals surface area contributed by atoms with Crippen molar-refractivity contribution in [3.63, 3.8) is 0 Å². The highest BCUT2D eigenvalue weighted by atomic mass is 35.5. The molecule has 1 aromatic heterocycles. The Morgan fingerprint density at radius 3 is 2.77 bits per heavy atom. The van der Waals surface area contributed by atoms with Gasteiger partial charge in [-0.05, 0) is 60.6 Å². The Balaban J connectivity index is 0.00000176. The Morgan fingerprint density at radius 2 is 2.14 bits per heavy atom. The van der Waals surface area contributed by atoms with Gasteiger partial charge in [0.2, 0.25) is 0 Å². The van der Waals surface area contributed by atoms with Gasteiger partial charge >= 0.3 is 0 Å². The van der Waals surface area contributed by atoms with E-state index in [1.54, 1.807) is 4.68 Å². The molecule has 8 heteroatoms. The van der Waals surface area contributed by atoms with Gasteiger partial charge in [0.25, 0.3) is 5.91 Å². The molecule has 22 heavy (non-hydrogen) atoms. The predicted octanol–water partition coefficient (Wildman–Crippen LogP) is 0.766. The number of benzene rings is 1. The van der Waals surface area contributed by atoms with Crippen LogP contribution in [0.4, 0.5) is 0 Å². The van der Waals surface area contributed by atoms with Gasteiger partial charge in [0, 0.05) is 18.7 Å². The summed E-state index contributed by atoms with van der Waals surface area (Å²) in [7, 11) is 1.95. The molecule has 1 fully saturated rings. The third-order valence-electron chi connectivity index (χ3n) is 3.79. The maximum atomic E-state index is 12.5. The van der Waals surface area contributed by atoms with Crippen molar-refractivity contribution in [3.8, 4) is 5.69 Å². The maximum Gasteiger partial charge on any atom is 0.253 e. The van der Waals surface area contributed by atoms with E-state index in [1.165, 1.54) is 6.33 Å². The average molecular weight is 323 g/mol. The second-order valence-corrected chi connectivity index (χ2v) is 5.26. The molecule has 0 aliphatic carbocycles. The van der Waals surface area contributed by atoms with Crippen LogP contribution in [0.3, 0.4) is 0 Å². The van der Waals surface area contributed by atoms with Crippen molar-refractivity contribution in [1.29, 1.82) is 0 Å². The molecule has 1 aliphatic rings. The molecule has 118 valence electrons. The van der Waals surface area contributed by atoms with Crippen LogP contribution in [0.5, 0.6) is 0 Å². The first-order valence-electron chi connectivity index (χ1n) is 7.05. The number of nitrogens with zero attached hydrogens (tertiary/aromatic N) is 5. The minimum absolute atomic E-state index is 0. The quantitative estimate of drug-likeness (QED) is 0.899. The number of aromatic nitrogens is 4. The van der Waals surface area contributed by atoms with E-state index >= 15 is 0 Å². The molecule has 3 rings (SSSR count). The highest BCUT2D eigenvalue weighted by molar-refractivity contribution is 5.94. The molecule has 2 heterocycles. The second-order valence-electron chi connectivity index (χ2n) is 5.26. The second kappa shape index (κ2) is 7.33. The van der Waals surface area contributed by atoms with Gasteiger partial charge in [0.15, 0.2) is 0 Å². The molecular formula is C14H19ClN6O. The van der Waals surface area contributed by atoms with Gasteiger partial charge in [-0.2, -0.15) is 0 Å². The third kappa shape index (κ3) is 3.42. The summed E-state index contributed by atoms with van der Waals surface area (Å²) in [6.45, 7) is 2.62. The topological polar surface area (TPSA) is 75.9 Å². The van der Waals surface area contributed by atoms with Crippen molar-refractivity contribution in [3.05, 3.63) is 36.2 Å². The van der Waals surface area contributed by atoms with Crippen LogP contribution in [0.1, 0.15) is 16.8 Å². The monoisotopic (exact) mass is 322 g/mol. The SMILES string of the molecule is CNCC1CCN(C(=O)c2ccc(-n3cnnn3)cc2)C1.Cl. The summed E-state index contributed by atoms with van der Waals surface area (Å²) in [5, 5.41) is 14.2. The molecule has 1 unspecified atom stereocenters. The lowest BCUT2D eigenvalue weighted by Gasteiger charge is -2.16. The molecule has 1 N–H and O–H groups in total. The first-order valence-corrected chi connectivity index (χ1v) is 7.05. The number of rotatable bonds is 4. The smallest absolute Gasteiger partial charge is 0.253 e. The number of hydrogen-bond donors (Lipinski definition) is 1. The third-order valence-corrected chi connectivity index (χ3v) is 3.79. The summed E-state index contributed by atoms with van der Waals surface area (Å²) in [5.74, 6) is 0.649. The Hall–Kier alpha value is -1.99. The van der Waals surface area contributed by atoms with E-state index in [0.717, 1.165) is 31.7 Å². The molecule has 7 nitrogen and oxygen atoms in total. The van der Waals surface area contributed by atoms with Crippen LogP contribution in [0.15, 0.2) is 30.6 Å². The fourth-order valence-electron chi connectivity index (χ4n) is 2.69. The van der Waals surface area contributed by atoms with E-state index in [1.807, 2.05) is 36.2 Å². The first-order chi connectivity index (χ1) is 10.3. The van der Waals surface area contributed by atoms with Crippen molar-refractivity contribution in [2.24, 2.45) is 5.92 Å². The lowest BCUT2D eigenvalue weighted by Crippen LogP contribution is -2.30. The van der Waals surface area contributed by atoms with Crippen LogP contribution in [-0.2, 0) is 0 Å². The number of carbonyl (C=O) groups is 1. The Morgan fingerprint density at radius 1 is 1.36 bits per heavy atom. The van der Waals surface area contributed by atoms with Crippen LogP contribution in [0.2, 0.25) is 0 Å². The Labute approximate surface area is 135 Å². The van der Waals surface area contributed by atoms with Crippen LogP contribution in [0.25, 0.3) is 5.69 Å². The zero-order chi connectivity index (χ0) is 14.7. The van der Waals surface area contributed by atoms with E-state index in [2.05, 4.69) is 20.8 Å². The zero-order valence-corrected chi connectivity index (χ0v) is 13.2. The van der Waals surface area contributed by atoms with E-state index in [0.29, 0.717) is 11.5 Å². The van der Waals surface area contributed by atoms with Gasteiger partial charge in [0.1, 0.15) is 6.33 Å². The van der Waals surface area contributed by atoms with Gasteiger partial charge in [0.05, 0.1) is 5.69 Å². The highest BCUT2D eigenvalue weighted by Gasteiger charge is 2.26. The molecule has 0 bridgehead atoms. The standard InChI is InChI=1S/C14H18N6O.ClH/c1-15-8-11-6-7-19(9-11)14(21)12-2-4-13(5-3-12)20-10-16-17-18-20;/h2-5,10-11,15H,6-9H2,1H3;1H. The van der Waals surface area contributed by atoms with Gasteiger partial charge in [-0.3, -0.25) is 4.79 Å². The molecular weight excluding hydrogens is 304 g/mol. The van der Waals surface area contributed by atoms with Gasteiger partial charge < -0.3 is 10.2 Å². The lowest BCUT2D eigenvalue weighted by molar-refractivity contribution is 0.0787. The van der Waals surface area contributed by atoms with Gasteiger partial charge in [-0.15, -0.1) is 17.5 Å². The number of nitrogens with one attached hydrogen (secondary N) is 1. The first kappa shape index (κ1) is 16.4. The molecule has 2 aromatic rings. The summed E-state index contributed by atoms with van der Waals surface area (Å²) < 4.78 is 1.56. The Bertz CT molecular complexity index is 600. The molecule has 0 spiro atoms. The fourth-order valence-corrected chi connectivity index (χ4v) is 2.69. The summed E-state index contributed by atoms with van der Waals surface area (Å²) in [5.41, 5.74) is 1.54. The maximum absolute atomic E-state index is 12.5. The minimum Gasteiger partial charge on any atom is -0.338 e. The van der Waals surface area contributed by atoms with Crippen LogP contribution in [0, 0.1) is 5.92 Å². The van der Waals surface area contributed by atoms with E-state index in [-0.39, 0.29) is 18.3 Å². The normalized spacial score (nSPS) is 17.3. The van der Waals surface area contributed by atoms with Crippen molar-refractivity contribution in [2.75, 3.05) is 26.7 Å².